The molecule has 1 saturated heterocycles. The molecule has 3 rings (SSSR count). The number of carboxylic acids is 1. The SMILES string of the molecule is COc1ccc(Cn2nnc(C(=O)N3CCNCC3)c2C)cc1.O=C(O)C(F)(F)F. The molecular formula is C18H22F3N5O4. The molecule has 2 aromatic rings. The molecule has 12 heteroatoms. The van der Waals surface area contributed by atoms with E-state index in [1.165, 1.54) is 0 Å². The van der Waals surface area contributed by atoms with Gasteiger partial charge in [0.1, 0.15) is 5.75 Å². The van der Waals surface area contributed by atoms with Crippen LogP contribution in [0.3, 0.4) is 0 Å². The zero-order valence-corrected chi connectivity index (χ0v) is 16.4. The van der Waals surface area contributed by atoms with E-state index in [-0.39, 0.29) is 5.91 Å². The minimum absolute atomic E-state index is 0.0371. The molecule has 0 aliphatic carbocycles. The van der Waals surface area contributed by atoms with Gasteiger partial charge in [0, 0.05) is 26.2 Å². The van der Waals surface area contributed by atoms with Crippen LogP contribution in [0.15, 0.2) is 24.3 Å². The molecule has 1 aromatic carbocycles. The summed E-state index contributed by atoms with van der Waals surface area (Å²) in [5.74, 6) is -1.98. The van der Waals surface area contributed by atoms with E-state index in [2.05, 4.69) is 15.6 Å². The fraction of sp³-hybridized carbons (Fsp3) is 0.444. The first-order valence-electron chi connectivity index (χ1n) is 8.96. The Morgan fingerprint density at radius 1 is 1.20 bits per heavy atom. The Morgan fingerprint density at radius 3 is 2.27 bits per heavy atom. The quantitative estimate of drug-likeness (QED) is 0.755. The molecule has 0 bridgehead atoms. The molecule has 1 fully saturated rings. The second-order valence-electron chi connectivity index (χ2n) is 6.37. The van der Waals surface area contributed by atoms with Gasteiger partial charge in [0.05, 0.1) is 19.3 Å². The lowest BCUT2D eigenvalue weighted by Crippen LogP contribution is -2.46. The predicted molar refractivity (Wildman–Crippen MR) is 99.3 cm³/mol. The van der Waals surface area contributed by atoms with Crippen LogP contribution in [0.25, 0.3) is 0 Å². The smallest absolute Gasteiger partial charge is 0.490 e. The molecule has 2 heterocycles. The molecule has 9 nitrogen and oxygen atoms in total. The second kappa shape index (κ2) is 10.1. The van der Waals surface area contributed by atoms with Crippen molar-refractivity contribution >= 4 is 11.9 Å². The number of rotatable bonds is 4. The molecule has 1 amide bonds. The average Bonchev–Trinajstić information content (AvgIpc) is 3.08. The zero-order valence-electron chi connectivity index (χ0n) is 16.4. The third-order valence-corrected chi connectivity index (χ3v) is 4.32. The van der Waals surface area contributed by atoms with Gasteiger partial charge in [-0.3, -0.25) is 4.79 Å². The number of nitrogens with zero attached hydrogens (tertiary/aromatic N) is 4. The van der Waals surface area contributed by atoms with Gasteiger partial charge < -0.3 is 20.1 Å². The third-order valence-electron chi connectivity index (χ3n) is 4.32. The molecule has 1 aromatic heterocycles. The van der Waals surface area contributed by atoms with Crippen molar-refractivity contribution in [1.29, 1.82) is 0 Å². The number of carboxylic acid groups (broad SMARTS) is 1. The molecule has 0 unspecified atom stereocenters. The van der Waals surface area contributed by atoms with Crippen molar-refractivity contribution in [1.82, 2.24) is 25.2 Å². The van der Waals surface area contributed by atoms with Crippen LogP contribution in [0, 0.1) is 6.92 Å². The van der Waals surface area contributed by atoms with Crippen LogP contribution < -0.4 is 10.1 Å². The van der Waals surface area contributed by atoms with Gasteiger partial charge in [0.25, 0.3) is 5.91 Å². The van der Waals surface area contributed by atoms with Gasteiger partial charge in [0.15, 0.2) is 5.69 Å². The summed E-state index contributed by atoms with van der Waals surface area (Å²) in [5, 5.41) is 18.6. The molecule has 0 spiro atoms. The summed E-state index contributed by atoms with van der Waals surface area (Å²) in [6, 6.07) is 7.79. The van der Waals surface area contributed by atoms with E-state index in [4.69, 9.17) is 14.6 Å². The maximum Gasteiger partial charge on any atom is 0.490 e. The van der Waals surface area contributed by atoms with Gasteiger partial charge in [-0.25, -0.2) is 9.48 Å². The Hall–Kier alpha value is -3.15. The number of hydrogen-bond donors (Lipinski definition) is 2. The van der Waals surface area contributed by atoms with Crippen LogP contribution in [0.4, 0.5) is 13.2 Å². The van der Waals surface area contributed by atoms with Crippen molar-refractivity contribution in [2.45, 2.75) is 19.6 Å². The van der Waals surface area contributed by atoms with E-state index in [0.29, 0.717) is 25.3 Å². The van der Waals surface area contributed by atoms with Gasteiger partial charge in [-0.1, -0.05) is 17.3 Å². The zero-order chi connectivity index (χ0) is 22.3. The van der Waals surface area contributed by atoms with E-state index >= 15 is 0 Å². The summed E-state index contributed by atoms with van der Waals surface area (Å²) in [7, 11) is 1.64. The maximum absolute atomic E-state index is 12.5. The van der Waals surface area contributed by atoms with Crippen LogP contribution >= 0.6 is 0 Å². The van der Waals surface area contributed by atoms with Crippen LogP contribution in [0.2, 0.25) is 0 Å². The van der Waals surface area contributed by atoms with E-state index in [1.54, 1.807) is 11.8 Å². The second-order valence-corrected chi connectivity index (χ2v) is 6.37. The average molecular weight is 429 g/mol. The largest absolute Gasteiger partial charge is 0.497 e. The number of carbonyl (C=O) groups excluding carboxylic acids is 1. The molecule has 0 saturated carbocycles. The van der Waals surface area contributed by atoms with Crippen molar-refractivity contribution < 1.29 is 32.6 Å². The molecule has 164 valence electrons. The standard InChI is InChI=1S/C16H21N5O2.C2HF3O2/c1-12-15(16(22)20-9-7-17-8-10-20)18-19-21(12)11-13-3-5-14(23-2)6-4-13;3-2(4,5)1(6)7/h3-6,17H,7-11H2,1-2H3;(H,6,7). The molecule has 0 atom stereocenters. The Labute approximate surface area is 170 Å². The van der Waals surface area contributed by atoms with E-state index in [9.17, 15) is 18.0 Å². The van der Waals surface area contributed by atoms with Crippen molar-refractivity contribution in [3.8, 4) is 5.75 Å². The van der Waals surface area contributed by atoms with Gasteiger partial charge in [-0.05, 0) is 24.6 Å². The van der Waals surface area contributed by atoms with Crippen LogP contribution in [0.1, 0.15) is 21.7 Å². The molecule has 1 aliphatic rings. The summed E-state index contributed by atoms with van der Waals surface area (Å²) in [6.07, 6.45) is -5.08. The van der Waals surface area contributed by atoms with Gasteiger partial charge >= 0.3 is 12.1 Å². The van der Waals surface area contributed by atoms with Gasteiger partial charge in [0.2, 0.25) is 0 Å². The fourth-order valence-corrected chi connectivity index (χ4v) is 2.63. The number of benzene rings is 1. The highest BCUT2D eigenvalue weighted by Crippen LogP contribution is 2.15. The number of aliphatic carboxylic acids is 1. The third kappa shape index (κ3) is 6.17. The molecule has 1 aliphatic heterocycles. The van der Waals surface area contributed by atoms with Crippen molar-refractivity contribution in [3.63, 3.8) is 0 Å². The first-order valence-corrected chi connectivity index (χ1v) is 8.96. The molecular weight excluding hydrogens is 407 g/mol. The summed E-state index contributed by atoms with van der Waals surface area (Å²) in [6.45, 7) is 5.54. The van der Waals surface area contributed by atoms with E-state index in [0.717, 1.165) is 30.1 Å². The fourth-order valence-electron chi connectivity index (χ4n) is 2.63. The van der Waals surface area contributed by atoms with Crippen LogP contribution in [0.5, 0.6) is 5.75 Å². The Bertz CT molecular complexity index is 862. The highest BCUT2D eigenvalue weighted by molar-refractivity contribution is 5.93. The number of hydrogen-bond acceptors (Lipinski definition) is 6. The highest BCUT2D eigenvalue weighted by atomic mass is 19.4. The Morgan fingerprint density at radius 2 is 1.77 bits per heavy atom. The Balaban J connectivity index is 0.000000396. The lowest BCUT2D eigenvalue weighted by molar-refractivity contribution is -0.192. The summed E-state index contributed by atoms with van der Waals surface area (Å²) < 4.78 is 38.7. The monoisotopic (exact) mass is 429 g/mol. The predicted octanol–water partition coefficient (Wildman–Crippen LogP) is 1.32. The van der Waals surface area contributed by atoms with Crippen molar-refractivity contribution in [3.05, 3.63) is 41.2 Å². The lowest BCUT2D eigenvalue weighted by atomic mass is 10.2. The minimum atomic E-state index is -5.08. The number of amides is 1. The Kier molecular flexibility index (Phi) is 7.75. The van der Waals surface area contributed by atoms with Gasteiger partial charge in [-0.2, -0.15) is 13.2 Å². The summed E-state index contributed by atoms with van der Waals surface area (Å²) >= 11 is 0. The van der Waals surface area contributed by atoms with E-state index < -0.39 is 12.1 Å². The first kappa shape index (κ1) is 23.1. The van der Waals surface area contributed by atoms with Crippen molar-refractivity contribution in [2.24, 2.45) is 0 Å². The molecule has 30 heavy (non-hydrogen) atoms. The molecule has 0 radical (unpaired) electrons. The number of halogens is 3. The minimum Gasteiger partial charge on any atom is -0.497 e. The normalized spacial score (nSPS) is 14.0. The topological polar surface area (TPSA) is 110 Å². The van der Waals surface area contributed by atoms with Crippen molar-refractivity contribution in [2.75, 3.05) is 33.3 Å². The summed E-state index contributed by atoms with van der Waals surface area (Å²) in [4.78, 5) is 23.3. The number of methoxy groups -OCH3 is 1. The number of alkyl halides is 3. The number of ether oxygens (including phenoxy) is 1. The highest BCUT2D eigenvalue weighted by Gasteiger charge is 2.38. The maximum atomic E-state index is 12.5. The number of aromatic nitrogens is 3. The molecule has 2 N–H and O–H groups in total. The first-order chi connectivity index (χ1) is 14.1. The van der Waals surface area contributed by atoms with Crippen LogP contribution in [-0.2, 0) is 11.3 Å². The number of piperazine rings is 1. The number of nitrogens with one attached hydrogen (secondary N) is 1. The summed E-state index contributed by atoms with van der Waals surface area (Å²) in [5.41, 5.74) is 2.32. The van der Waals surface area contributed by atoms with Crippen LogP contribution in [-0.4, -0.2) is 76.3 Å². The lowest BCUT2D eigenvalue weighted by Gasteiger charge is -2.26. The number of carbonyl (C=O) groups is 2. The van der Waals surface area contributed by atoms with Gasteiger partial charge in [-0.15, -0.1) is 5.10 Å². The van der Waals surface area contributed by atoms with E-state index in [1.807, 2.05) is 36.1 Å².